The van der Waals surface area contributed by atoms with E-state index in [0.717, 1.165) is 134 Å². The average molecular weight is 1220 g/mol. The highest BCUT2D eigenvalue weighted by Crippen LogP contribution is 2.60. The molecular formula is C88H62F2N2O2. The van der Waals surface area contributed by atoms with Crippen molar-refractivity contribution in [3.63, 3.8) is 0 Å². The average Bonchev–Trinajstić information content (AvgIpc) is 1.54. The second-order valence-electron chi connectivity index (χ2n) is 24.1. The minimum absolute atomic E-state index is 0.350. The molecule has 14 aromatic carbocycles. The molecule has 0 radical (unpaired) electrons. The molecule has 0 fully saturated rings. The number of fused-ring (bicyclic) bond motifs is 8. The molecule has 0 amide bonds. The van der Waals surface area contributed by atoms with Gasteiger partial charge in [-0.25, -0.2) is 8.78 Å². The number of rotatable bonds is 17. The van der Waals surface area contributed by atoms with Crippen molar-refractivity contribution in [1.29, 1.82) is 0 Å². The van der Waals surface area contributed by atoms with Gasteiger partial charge in [-0.2, -0.15) is 0 Å². The second kappa shape index (κ2) is 23.7. The fraction of sp³-hybridized carbons (Fsp3) is 0.0455. The smallest absolute Gasteiger partial charge is 0.147 e. The fourth-order valence-electron chi connectivity index (χ4n) is 14.9. The van der Waals surface area contributed by atoms with Crippen LogP contribution in [0.5, 0.6) is 11.5 Å². The third-order valence-corrected chi connectivity index (χ3v) is 19.0. The van der Waals surface area contributed by atoms with Crippen LogP contribution in [0.1, 0.15) is 44.5 Å². The van der Waals surface area contributed by atoms with E-state index in [9.17, 15) is 0 Å². The van der Waals surface area contributed by atoms with Crippen LogP contribution in [-0.2, 0) is 10.8 Å². The van der Waals surface area contributed by atoms with Gasteiger partial charge in [0.2, 0.25) is 0 Å². The number of benzene rings is 14. The van der Waals surface area contributed by atoms with Crippen molar-refractivity contribution in [3.8, 4) is 44.9 Å². The molecule has 0 aliphatic heterocycles. The summed E-state index contributed by atoms with van der Waals surface area (Å²) >= 11 is 0. The maximum atomic E-state index is 16.7. The van der Waals surface area contributed by atoms with E-state index in [0.29, 0.717) is 24.6 Å². The molecule has 16 rings (SSSR count). The molecule has 0 saturated carbocycles. The summed E-state index contributed by atoms with van der Waals surface area (Å²) in [5, 5.41) is 4.58. The summed E-state index contributed by atoms with van der Waals surface area (Å²) in [7, 11) is 0. The lowest BCUT2D eigenvalue weighted by atomic mass is 9.67. The van der Waals surface area contributed by atoms with Crippen molar-refractivity contribution in [2.75, 3.05) is 23.0 Å². The van der Waals surface area contributed by atoms with Crippen molar-refractivity contribution in [1.82, 2.24) is 0 Å². The van der Waals surface area contributed by atoms with Crippen LogP contribution in [-0.4, -0.2) is 13.2 Å². The summed E-state index contributed by atoms with van der Waals surface area (Å²) in [6.07, 6.45) is 3.50. The van der Waals surface area contributed by atoms with Gasteiger partial charge in [-0.05, 0) is 209 Å². The zero-order valence-electron chi connectivity index (χ0n) is 51.5. The number of para-hydroxylation sites is 2. The first kappa shape index (κ1) is 57.3. The van der Waals surface area contributed by atoms with Crippen molar-refractivity contribution in [3.05, 3.63) is 397 Å². The maximum absolute atomic E-state index is 16.7. The molecule has 4 nitrogen and oxygen atoms in total. The van der Waals surface area contributed by atoms with E-state index in [1.807, 2.05) is 58.3 Å². The highest BCUT2D eigenvalue weighted by molar-refractivity contribution is 5.94. The molecule has 6 heteroatoms. The van der Waals surface area contributed by atoms with Gasteiger partial charge in [0, 0.05) is 22.7 Å². The molecule has 94 heavy (non-hydrogen) atoms. The molecule has 2 atom stereocenters. The van der Waals surface area contributed by atoms with Gasteiger partial charge >= 0.3 is 0 Å². The van der Waals surface area contributed by atoms with E-state index in [4.69, 9.17) is 9.47 Å². The predicted octanol–water partition coefficient (Wildman–Crippen LogP) is 22.7. The SMILES string of the molecule is C=CCOc1ccc(C2(c3ccc4ccccc4c3)c3ccccc3-c3ccc(N(c4ccc(-c5ccc(N(c6ccc7c(c6)C(c6ccc(OCC=C)cc6)(c6ccc8ccccc8c6)c6ccccc6-7)c6ccccc6F)cc5)cc4)c4ccccc4F)cc32)cc1. The maximum Gasteiger partial charge on any atom is 0.147 e. The zero-order valence-corrected chi connectivity index (χ0v) is 51.5. The minimum Gasteiger partial charge on any atom is -0.490 e. The topological polar surface area (TPSA) is 24.9 Å². The number of nitrogens with zero attached hydrogens (tertiary/aromatic N) is 2. The molecule has 0 spiro atoms. The number of anilines is 6. The molecule has 0 aromatic heterocycles. The lowest BCUT2D eigenvalue weighted by Crippen LogP contribution is -2.29. The summed E-state index contributed by atoms with van der Waals surface area (Å²) < 4.78 is 45.5. The Morgan fingerprint density at radius 3 is 1.04 bits per heavy atom. The lowest BCUT2D eigenvalue weighted by molar-refractivity contribution is 0.363. The number of hydrogen-bond donors (Lipinski definition) is 0. The van der Waals surface area contributed by atoms with E-state index >= 15 is 8.78 Å². The molecule has 0 heterocycles. The summed E-state index contributed by atoms with van der Waals surface area (Å²) in [6, 6.07) is 108. The molecule has 450 valence electrons. The number of hydrogen-bond acceptors (Lipinski definition) is 4. The summed E-state index contributed by atoms with van der Waals surface area (Å²) in [6.45, 7) is 8.53. The molecule has 2 unspecified atom stereocenters. The Bertz CT molecular complexity index is 4910. The van der Waals surface area contributed by atoms with Gasteiger partial charge in [-0.15, -0.1) is 0 Å². The predicted molar refractivity (Wildman–Crippen MR) is 382 cm³/mol. The van der Waals surface area contributed by atoms with Crippen LogP contribution in [0.25, 0.3) is 54.9 Å². The van der Waals surface area contributed by atoms with Crippen molar-refractivity contribution >= 4 is 55.7 Å². The van der Waals surface area contributed by atoms with Crippen molar-refractivity contribution < 1.29 is 18.3 Å². The van der Waals surface area contributed by atoms with E-state index in [1.54, 1.807) is 24.3 Å². The largest absolute Gasteiger partial charge is 0.490 e. The second-order valence-corrected chi connectivity index (χ2v) is 24.1. The van der Waals surface area contributed by atoms with E-state index in [1.165, 1.54) is 12.1 Å². The quantitative estimate of drug-likeness (QED) is 0.0849. The Morgan fingerprint density at radius 1 is 0.298 bits per heavy atom. The van der Waals surface area contributed by atoms with Crippen molar-refractivity contribution in [2.45, 2.75) is 10.8 Å². The first-order valence-corrected chi connectivity index (χ1v) is 31.8. The third-order valence-electron chi connectivity index (χ3n) is 19.0. The standard InChI is InChI=1S/C88H62F2N2O2/c1-3-53-93-73-47-37-65(38-48-73)87(67-35-29-59-17-5-7-19-63(59)55-67)79-23-11-9-21-75(79)77-51-45-71(57-81(77)87)91(85-27-15-13-25-83(85)89)69-41-31-61(32-42-69)62-33-43-70(44-34-62)92(86-28-16-14-26-84(86)90)72-46-52-78-76-22-10-12-24-80(76)88(82(78)58-72,66-39-49-74(50-40-66)94-54-4-2)68-36-30-60-18-6-8-20-64(60)56-68/h3-52,55-58H,1-2,53-54H2. The summed E-state index contributed by atoms with van der Waals surface area (Å²) in [4.78, 5) is 4.04. The fourth-order valence-corrected chi connectivity index (χ4v) is 14.9. The monoisotopic (exact) mass is 1220 g/mol. The van der Waals surface area contributed by atoms with E-state index in [-0.39, 0.29) is 11.6 Å². The molecule has 0 saturated heterocycles. The molecule has 0 N–H and O–H groups in total. The minimum atomic E-state index is -0.773. The van der Waals surface area contributed by atoms with Crippen LogP contribution in [0.4, 0.5) is 42.9 Å². The van der Waals surface area contributed by atoms with Crippen molar-refractivity contribution in [2.24, 2.45) is 0 Å². The zero-order chi connectivity index (χ0) is 63.3. The number of ether oxygens (including phenoxy) is 2. The lowest BCUT2D eigenvalue weighted by Gasteiger charge is -2.35. The van der Waals surface area contributed by atoms with Gasteiger partial charge in [0.1, 0.15) is 36.3 Å². The van der Waals surface area contributed by atoms with Crippen LogP contribution in [0.15, 0.2) is 341 Å². The Labute approximate surface area is 546 Å². The molecule has 0 bridgehead atoms. The van der Waals surface area contributed by atoms with Gasteiger partial charge in [-0.3, -0.25) is 0 Å². The van der Waals surface area contributed by atoms with E-state index in [2.05, 4.69) is 256 Å². The van der Waals surface area contributed by atoms with Crippen LogP contribution in [0, 0.1) is 11.6 Å². The van der Waals surface area contributed by atoms with Crippen LogP contribution >= 0.6 is 0 Å². The van der Waals surface area contributed by atoms with Crippen LogP contribution in [0.3, 0.4) is 0 Å². The normalized spacial score (nSPS) is 15.0. The Hall–Kier alpha value is -11.9. The first-order chi connectivity index (χ1) is 46.3. The van der Waals surface area contributed by atoms with Crippen LogP contribution < -0.4 is 19.3 Å². The Morgan fingerprint density at radius 2 is 0.638 bits per heavy atom. The molecular weight excluding hydrogens is 1150 g/mol. The molecule has 14 aromatic rings. The summed E-state index contributed by atoms with van der Waals surface area (Å²) in [5.74, 6) is 0.807. The van der Waals surface area contributed by atoms with Gasteiger partial charge in [-0.1, -0.05) is 232 Å². The highest BCUT2D eigenvalue weighted by Gasteiger charge is 2.48. The molecule has 2 aliphatic rings. The Kier molecular flexibility index (Phi) is 14.5. The number of halogens is 2. The highest BCUT2D eigenvalue weighted by atomic mass is 19.1. The van der Waals surface area contributed by atoms with E-state index < -0.39 is 10.8 Å². The summed E-state index contributed by atoms with van der Waals surface area (Å²) in [5.41, 5.74) is 17.7. The first-order valence-electron chi connectivity index (χ1n) is 31.8. The van der Waals surface area contributed by atoms with Crippen LogP contribution in [0.2, 0.25) is 0 Å². The van der Waals surface area contributed by atoms with Gasteiger partial charge in [0.25, 0.3) is 0 Å². The molecule has 2 aliphatic carbocycles. The van der Waals surface area contributed by atoms with Gasteiger partial charge in [0.15, 0.2) is 0 Å². The third kappa shape index (κ3) is 9.48. The van der Waals surface area contributed by atoms with Gasteiger partial charge < -0.3 is 19.3 Å². The Balaban J connectivity index is 0.796. The van der Waals surface area contributed by atoms with Gasteiger partial charge in [0.05, 0.1) is 22.2 Å².